The Hall–Kier alpha value is -0.683. The van der Waals surface area contributed by atoms with Crippen LogP contribution in [0.4, 0.5) is 0 Å². The van der Waals surface area contributed by atoms with Crippen LogP contribution in [0.2, 0.25) is 0 Å². The summed E-state index contributed by atoms with van der Waals surface area (Å²) in [5.74, 6) is 0. The van der Waals surface area contributed by atoms with Crippen LogP contribution in [-0.4, -0.2) is 29.6 Å². The zero-order chi connectivity index (χ0) is 10.8. The maximum absolute atomic E-state index is 5.44. The molecule has 4 heteroatoms. The Kier molecular flexibility index (Phi) is 3.21. The third-order valence-corrected chi connectivity index (χ3v) is 4.41. The van der Waals surface area contributed by atoms with Crippen LogP contribution < -0.4 is 5.19 Å². The van der Waals surface area contributed by atoms with Crippen molar-refractivity contribution in [2.24, 2.45) is 0 Å². The van der Waals surface area contributed by atoms with Gasteiger partial charge in [0.2, 0.25) is 0 Å². The largest absolute Gasteiger partial charge is 0.397 e. The molecule has 1 saturated heterocycles. The standard InChI is InChI=1S/C11H16O3Si/c1-8-11(14-8)9-5-4-6-10(7-9)15(12-2)13-3/h4-8,11,15H,1-3H3. The first-order valence-corrected chi connectivity index (χ1v) is 6.59. The predicted octanol–water partition coefficient (Wildman–Crippen LogP) is 0.867. The molecule has 0 saturated carbocycles. The summed E-state index contributed by atoms with van der Waals surface area (Å²) in [5, 5.41) is 1.17. The highest BCUT2D eigenvalue weighted by molar-refractivity contribution is 6.61. The van der Waals surface area contributed by atoms with Gasteiger partial charge in [-0.2, -0.15) is 0 Å². The second kappa shape index (κ2) is 4.45. The highest BCUT2D eigenvalue weighted by Crippen LogP contribution is 2.37. The molecule has 15 heavy (non-hydrogen) atoms. The van der Waals surface area contributed by atoms with E-state index in [-0.39, 0.29) is 6.10 Å². The van der Waals surface area contributed by atoms with Crippen molar-refractivity contribution in [1.29, 1.82) is 0 Å². The molecule has 1 aromatic rings. The number of hydrogen-bond donors (Lipinski definition) is 0. The van der Waals surface area contributed by atoms with Gasteiger partial charge in [-0.15, -0.1) is 0 Å². The summed E-state index contributed by atoms with van der Waals surface area (Å²) in [6, 6.07) is 8.32. The van der Waals surface area contributed by atoms with Crippen LogP contribution in [0.15, 0.2) is 24.3 Å². The monoisotopic (exact) mass is 224 g/mol. The van der Waals surface area contributed by atoms with Crippen molar-refractivity contribution in [3.8, 4) is 0 Å². The van der Waals surface area contributed by atoms with E-state index in [0.29, 0.717) is 6.10 Å². The minimum absolute atomic E-state index is 0.272. The molecule has 2 unspecified atom stereocenters. The molecule has 0 amide bonds. The molecule has 1 aliphatic heterocycles. The van der Waals surface area contributed by atoms with E-state index in [1.54, 1.807) is 14.2 Å². The van der Waals surface area contributed by atoms with E-state index in [2.05, 4.69) is 25.1 Å². The highest BCUT2D eigenvalue weighted by Gasteiger charge is 2.35. The van der Waals surface area contributed by atoms with Gasteiger partial charge in [0.25, 0.3) is 0 Å². The Morgan fingerprint density at radius 3 is 2.47 bits per heavy atom. The van der Waals surface area contributed by atoms with Crippen molar-refractivity contribution in [3.05, 3.63) is 29.8 Å². The first kappa shape index (κ1) is 10.8. The summed E-state index contributed by atoms with van der Waals surface area (Å²) in [4.78, 5) is 0. The van der Waals surface area contributed by atoms with E-state index in [1.165, 1.54) is 10.8 Å². The molecule has 1 fully saturated rings. The minimum Gasteiger partial charge on any atom is -0.397 e. The lowest BCUT2D eigenvalue weighted by Gasteiger charge is -2.11. The van der Waals surface area contributed by atoms with Gasteiger partial charge in [-0.3, -0.25) is 0 Å². The van der Waals surface area contributed by atoms with Crippen LogP contribution >= 0.6 is 0 Å². The van der Waals surface area contributed by atoms with E-state index in [4.69, 9.17) is 13.6 Å². The molecule has 0 aromatic heterocycles. The van der Waals surface area contributed by atoms with Gasteiger partial charge in [0.15, 0.2) is 0 Å². The van der Waals surface area contributed by atoms with Crippen LogP contribution in [0.25, 0.3) is 0 Å². The smallest absolute Gasteiger partial charge is 0.355 e. The fourth-order valence-electron chi connectivity index (χ4n) is 1.79. The maximum atomic E-state index is 5.44. The molecule has 0 radical (unpaired) electrons. The van der Waals surface area contributed by atoms with Crippen molar-refractivity contribution < 1.29 is 13.6 Å². The lowest BCUT2D eigenvalue weighted by atomic mass is 10.1. The quantitative estimate of drug-likeness (QED) is 0.561. The number of benzene rings is 1. The van der Waals surface area contributed by atoms with Crippen LogP contribution in [0.1, 0.15) is 18.6 Å². The Morgan fingerprint density at radius 2 is 1.93 bits per heavy atom. The summed E-state index contributed by atoms with van der Waals surface area (Å²) >= 11 is 0. The Labute approximate surface area is 91.8 Å². The van der Waals surface area contributed by atoms with Crippen molar-refractivity contribution in [2.45, 2.75) is 19.1 Å². The zero-order valence-electron chi connectivity index (χ0n) is 9.27. The SMILES string of the molecule is CO[SiH](OC)c1cccc(C2OC2C)c1. The van der Waals surface area contributed by atoms with Gasteiger partial charge in [0.05, 0.1) is 6.10 Å². The summed E-state index contributed by atoms with van der Waals surface area (Å²) in [7, 11) is 1.73. The van der Waals surface area contributed by atoms with Gasteiger partial charge in [0.1, 0.15) is 6.10 Å². The number of rotatable bonds is 4. The molecular formula is C11H16O3Si. The van der Waals surface area contributed by atoms with Crippen molar-refractivity contribution >= 4 is 14.5 Å². The fraction of sp³-hybridized carbons (Fsp3) is 0.455. The summed E-state index contributed by atoms with van der Waals surface area (Å²) in [6.45, 7) is 2.08. The van der Waals surface area contributed by atoms with Crippen LogP contribution in [0.3, 0.4) is 0 Å². The van der Waals surface area contributed by atoms with E-state index < -0.39 is 9.28 Å². The molecule has 3 nitrogen and oxygen atoms in total. The fourth-order valence-corrected chi connectivity index (χ4v) is 3.12. The van der Waals surface area contributed by atoms with Gasteiger partial charge in [0, 0.05) is 14.2 Å². The first-order valence-electron chi connectivity index (χ1n) is 5.07. The third kappa shape index (κ3) is 2.29. The number of ether oxygens (including phenoxy) is 1. The zero-order valence-corrected chi connectivity index (χ0v) is 10.4. The third-order valence-electron chi connectivity index (χ3n) is 2.65. The molecule has 2 rings (SSSR count). The molecule has 1 aliphatic rings. The average Bonchev–Trinajstić information content (AvgIpc) is 2.98. The minimum atomic E-state index is -1.67. The van der Waals surface area contributed by atoms with Gasteiger partial charge in [-0.1, -0.05) is 24.3 Å². The second-order valence-electron chi connectivity index (χ2n) is 3.74. The van der Waals surface area contributed by atoms with Crippen molar-refractivity contribution in [3.63, 3.8) is 0 Å². The van der Waals surface area contributed by atoms with E-state index in [9.17, 15) is 0 Å². The van der Waals surface area contributed by atoms with Crippen LogP contribution in [-0.2, 0) is 13.6 Å². The summed E-state index contributed by atoms with van der Waals surface area (Å²) in [5.41, 5.74) is 1.23. The van der Waals surface area contributed by atoms with E-state index in [0.717, 1.165) is 0 Å². The lowest BCUT2D eigenvalue weighted by Crippen LogP contribution is -2.34. The molecular weight excluding hydrogens is 208 g/mol. The molecule has 0 spiro atoms. The Balaban J connectivity index is 2.18. The second-order valence-corrected chi connectivity index (χ2v) is 6.01. The molecule has 0 aliphatic carbocycles. The maximum Gasteiger partial charge on any atom is 0.355 e. The van der Waals surface area contributed by atoms with Gasteiger partial charge < -0.3 is 13.6 Å². The summed E-state index contributed by atoms with van der Waals surface area (Å²) in [6.07, 6.45) is 0.624. The lowest BCUT2D eigenvalue weighted by molar-refractivity contribution is 0.292. The molecule has 0 N–H and O–H groups in total. The summed E-state index contributed by atoms with van der Waals surface area (Å²) < 4.78 is 16.1. The molecule has 2 atom stereocenters. The van der Waals surface area contributed by atoms with Crippen molar-refractivity contribution in [1.82, 2.24) is 0 Å². The Morgan fingerprint density at radius 1 is 1.27 bits per heavy atom. The van der Waals surface area contributed by atoms with Gasteiger partial charge >= 0.3 is 9.28 Å². The molecule has 82 valence electrons. The van der Waals surface area contributed by atoms with E-state index >= 15 is 0 Å². The van der Waals surface area contributed by atoms with Crippen LogP contribution in [0, 0.1) is 0 Å². The normalized spacial score (nSPS) is 24.5. The molecule has 1 heterocycles. The van der Waals surface area contributed by atoms with Crippen molar-refractivity contribution in [2.75, 3.05) is 14.2 Å². The van der Waals surface area contributed by atoms with E-state index in [1.807, 2.05) is 6.07 Å². The number of epoxide rings is 1. The highest BCUT2D eigenvalue weighted by atomic mass is 28.3. The first-order chi connectivity index (χ1) is 7.26. The molecule has 0 bridgehead atoms. The topological polar surface area (TPSA) is 31.0 Å². The Bertz CT molecular complexity index is 338. The van der Waals surface area contributed by atoms with Gasteiger partial charge in [-0.05, 0) is 17.7 Å². The molecule has 1 aromatic carbocycles. The van der Waals surface area contributed by atoms with Crippen LogP contribution in [0.5, 0.6) is 0 Å². The average molecular weight is 224 g/mol. The van der Waals surface area contributed by atoms with Gasteiger partial charge in [-0.25, -0.2) is 0 Å². The predicted molar refractivity (Wildman–Crippen MR) is 60.5 cm³/mol. The number of hydrogen-bond acceptors (Lipinski definition) is 3.